The fourth-order valence-corrected chi connectivity index (χ4v) is 2.88. The number of aromatic nitrogens is 1. The van der Waals surface area contributed by atoms with Crippen molar-refractivity contribution in [2.24, 2.45) is 0 Å². The minimum Gasteiger partial charge on any atom is -0.375 e. The number of nitrogen functional groups attached to an aromatic ring is 1. The van der Waals surface area contributed by atoms with Crippen LogP contribution in [0.4, 0.5) is 5.13 Å². The Morgan fingerprint density at radius 3 is 2.75 bits per heavy atom. The van der Waals surface area contributed by atoms with Crippen molar-refractivity contribution in [2.45, 2.75) is 20.3 Å². The molecular formula is C12H13BrN2S. The summed E-state index contributed by atoms with van der Waals surface area (Å²) in [5, 5.41) is 0.653. The summed E-state index contributed by atoms with van der Waals surface area (Å²) in [4.78, 5) is 5.49. The predicted octanol–water partition coefficient (Wildman–Crippen LogP) is 3.70. The van der Waals surface area contributed by atoms with Gasteiger partial charge in [0.25, 0.3) is 0 Å². The minimum atomic E-state index is 0.653. The van der Waals surface area contributed by atoms with Crippen molar-refractivity contribution >= 4 is 32.4 Å². The molecule has 0 unspecified atom stereocenters. The molecule has 84 valence electrons. The highest BCUT2D eigenvalue weighted by molar-refractivity contribution is 9.10. The molecule has 1 aromatic carbocycles. The molecule has 1 heterocycles. The van der Waals surface area contributed by atoms with Gasteiger partial charge in [0.1, 0.15) is 0 Å². The van der Waals surface area contributed by atoms with Crippen molar-refractivity contribution in [3.63, 3.8) is 0 Å². The van der Waals surface area contributed by atoms with E-state index < -0.39 is 0 Å². The second-order valence-corrected chi connectivity index (χ2v) is 5.84. The Bertz CT molecular complexity index is 520. The monoisotopic (exact) mass is 296 g/mol. The van der Waals surface area contributed by atoms with E-state index in [4.69, 9.17) is 5.73 Å². The molecule has 0 saturated carbocycles. The number of hydrogen-bond acceptors (Lipinski definition) is 3. The van der Waals surface area contributed by atoms with Crippen LogP contribution in [-0.2, 0) is 6.42 Å². The second-order valence-electron chi connectivity index (χ2n) is 3.81. The summed E-state index contributed by atoms with van der Waals surface area (Å²) >= 11 is 5.07. The summed E-state index contributed by atoms with van der Waals surface area (Å²) in [6, 6.07) is 6.34. The van der Waals surface area contributed by atoms with Gasteiger partial charge < -0.3 is 5.73 Å². The van der Waals surface area contributed by atoms with Gasteiger partial charge >= 0.3 is 0 Å². The Balaban J connectivity index is 2.33. The van der Waals surface area contributed by atoms with Gasteiger partial charge in [0.2, 0.25) is 0 Å². The molecular weight excluding hydrogens is 284 g/mol. The minimum absolute atomic E-state index is 0.653. The van der Waals surface area contributed by atoms with E-state index in [0.717, 1.165) is 16.6 Å². The number of thiazole rings is 1. The molecule has 0 saturated heterocycles. The van der Waals surface area contributed by atoms with Crippen molar-refractivity contribution in [1.82, 2.24) is 4.98 Å². The van der Waals surface area contributed by atoms with Crippen LogP contribution in [0, 0.1) is 13.8 Å². The first-order valence-electron chi connectivity index (χ1n) is 5.03. The number of benzene rings is 1. The molecule has 16 heavy (non-hydrogen) atoms. The van der Waals surface area contributed by atoms with Gasteiger partial charge in [-0.25, -0.2) is 4.98 Å². The zero-order valence-electron chi connectivity index (χ0n) is 9.25. The second kappa shape index (κ2) is 4.55. The lowest BCUT2D eigenvalue weighted by Crippen LogP contribution is -1.91. The van der Waals surface area contributed by atoms with Crippen molar-refractivity contribution in [2.75, 3.05) is 5.73 Å². The fourth-order valence-electron chi connectivity index (χ4n) is 1.62. The molecule has 4 heteroatoms. The molecule has 0 aliphatic rings. The van der Waals surface area contributed by atoms with Crippen LogP contribution in [0.2, 0.25) is 0 Å². The average Bonchev–Trinajstić information content (AvgIpc) is 2.51. The molecule has 1 aromatic heterocycles. The SMILES string of the molecule is Cc1ccc(Br)cc1Cc1sc(N)nc1C. The van der Waals surface area contributed by atoms with Crippen molar-refractivity contribution < 1.29 is 0 Å². The van der Waals surface area contributed by atoms with E-state index in [2.05, 4.69) is 46.0 Å². The number of hydrogen-bond donors (Lipinski definition) is 1. The Morgan fingerprint density at radius 1 is 1.38 bits per heavy atom. The van der Waals surface area contributed by atoms with Crippen LogP contribution in [0.15, 0.2) is 22.7 Å². The standard InChI is InChI=1S/C12H13BrN2S/c1-7-3-4-10(13)5-9(7)6-11-8(2)15-12(14)16-11/h3-5H,6H2,1-2H3,(H2,14,15). The number of nitrogens with two attached hydrogens (primary N) is 1. The topological polar surface area (TPSA) is 38.9 Å². The molecule has 0 radical (unpaired) electrons. The normalized spacial score (nSPS) is 10.7. The van der Waals surface area contributed by atoms with E-state index >= 15 is 0 Å². The first-order chi connectivity index (χ1) is 7.56. The summed E-state index contributed by atoms with van der Waals surface area (Å²) < 4.78 is 1.11. The van der Waals surface area contributed by atoms with Gasteiger partial charge in [-0.2, -0.15) is 0 Å². The third kappa shape index (κ3) is 2.44. The number of aryl methyl sites for hydroxylation is 2. The molecule has 0 spiro atoms. The van der Waals surface area contributed by atoms with E-state index in [0.29, 0.717) is 5.13 Å². The highest BCUT2D eigenvalue weighted by atomic mass is 79.9. The zero-order valence-corrected chi connectivity index (χ0v) is 11.7. The largest absolute Gasteiger partial charge is 0.375 e. The predicted molar refractivity (Wildman–Crippen MR) is 72.9 cm³/mol. The highest BCUT2D eigenvalue weighted by Gasteiger charge is 2.08. The average molecular weight is 297 g/mol. The molecule has 2 aromatic rings. The molecule has 0 fully saturated rings. The van der Waals surface area contributed by atoms with Gasteiger partial charge in [-0.3, -0.25) is 0 Å². The van der Waals surface area contributed by atoms with Gasteiger partial charge in [0.05, 0.1) is 5.69 Å². The van der Waals surface area contributed by atoms with Crippen LogP contribution in [-0.4, -0.2) is 4.98 Å². The number of rotatable bonds is 2. The lowest BCUT2D eigenvalue weighted by Gasteiger charge is -2.05. The Labute approximate surface area is 108 Å². The zero-order chi connectivity index (χ0) is 11.7. The molecule has 2 rings (SSSR count). The third-order valence-electron chi connectivity index (χ3n) is 2.57. The van der Waals surface area contributed by atoms with Gasteiger partial charge in [0.15, 0.2) is 5.13 Å². The maximum atomic E-state index is 5.70. The summed E-state index contributed by atoms with van der Waals surface area (Å²) in [5.41, 5.74) is 9.36. The van der Waals surface area contributed by atoms with Crippen LogP contribution in [0.1, 0.15) is 21.7 Å². The lowest BCUT2D eigenvalue weighted by atomic mass is 10.0. The van der Waals surface area contributed by atoms with E-state index in [1.54, 1.807) is 11.3 Å². The molecule has 0 aliphatic carbocycles. The molecule has 0 bridgehead atoms. The maximum absolute atomic E-state index is 5.70. The number of halogens is 1. The Morgan fingerprint density at radius 2 is 2.12 bits per heavy atom. The Kier molecular flexibility index (Phi) is 3.30. The smallest absolute Gasteiger partial charge is 0.180 e. The summed E-state index contributed by atoms with van der Waals surface area (Å²) in [5.74, 6) is 0. The number of anilines is 1. The first-order valence-corrected chi connectivity index (χ1v) is 6.64. The van der Waals surface area contributed by atoms with Gasteiger partial charge in [-0.05, 0) is 37.1 Å². The first kappa shape index (κ1) is 11.6. The van der Waals surface area contributed by atoms with Crippen molar-refractivity contribution in [1.29, 1.82) is 0 Å². The highest BCUT2D eigenvalue weighted by Crippen LogP contribution is 2.25. The Hall–Kier alpha value is -0.870. The molecule has 0 amide bonds. The van der Waals surface area contributed by atoms with E-state index in [-0.39, 0.29) is 0 Å². The molecule has 2 N–H and O–H groups in total. The molecule has 0 aliphatic heterocycles. The van der Waals surface area contributed by atoms with Crippen molar-refractivity contribution in [3.05, 3.63) is 44.4 Å². The number of nitrogens with zero attached hydrogens (tertiary/aromatic N) is 1. The summed E-state index contributed by atoms with van der Waals surface area (Å²) in [6.45, 7) is 4.14. The fraction of sp³-hybridized carbons (Fsp3) is 0.250. The van der Waals surface area contributed by atoms with E-state index in [1.807, 2.05) is 6.92 Å². The van der Waals surface area contributed by atoms with Gasteiger partial charge in [-0.15, -0.1) is 11.3 Å². The van der Waals surface area contributed by atoms with Crippen LogP contribution >= 0.6 is 27.3 Å². The summed E-state index contributed by atoms with van der Waals surface area (Å²) in [6.07, 6.45) is 0.909. The maximum Gasteiger partial charge on any atom is 0.180 e. The van der Waals surface area contributed by atoms with Crippen LogP contribution in [0.5, 0.6) is 0 Å². The van der Waals surface area contributed by atoms with Gasteiger partial charge in [0, 0.05) is 15.8 Å². The van der Waals surface area contributed by atoms with Crippen molar-refractivity contribution in [3.8, 4) is 0 Å². The van der Waals surface area contributed by atoms with Crippen LogP contribution in [0.25, 0.3) is 0 Å². The van der Waals surface area contributed by atoms with Gasteiger partial charge in [-0.1, -0.05) is 22.0 Å². The summed E-state index contributed by atoms with van der Waals surface area (Å²) in [7, 11) is 0. The van der Waals surface area contributed by atoms with E-state index in [9.17, 15) is 0 Å². The lowest BCUT2D eigenvalue weighted by molar-refractivity contribution is 1.13. The van der Waals surface area contributed by atoms with Crippen LogP contribution < -0.4 is 5.73 Å². The quantitative estimate of drug-likeness (QED) is 0.918. The molecule has 2 nitrogen and oxygen atoms in total. The third-order valence-corrected chi connectivity index (χ3v) is 4.05. The van der Waals surface area contributed by atoms with Crippen LogP contribution in [0.3, 0.4) is 0 Å². The van der Waals surface area contributed by atoms with E-state index in [1.165, 1.54) is 16.0 Å². The molecule has 0 atom stereocenters.